The van der Waals surface area contributed by atoms with Crippen LogP contribution in [-0.4, -0.2) is 26.4 Å². The number of hydrogen-bond donors (Lipinski definition) is 2. The number of rotatable bonds is 7. The van der Waals surface area contributed by atoms with Gasteiger partial charge >= 0.3 is 0 Å². The molecule has 1 amide bonds. The summed E-state index contributed by atoms with van der Waals surface area (Å²) in [7, 11) is -2.30. The number of methoxy groups -OCH3 is 1. The standard InChI is InChI=1S/C22H19N3O4S3/c1-14-20(31-22(23-14)15-10-11-30-13-15)21(26)24-17-4-3-5-19(12-17)32(27,28)25-16-6-8-18(29-2)9-7-16/h3-13,25H,1-2H3,(H,24,26). The van der Waals surface area contributed by atoms with Crippen molar-refractivity contribution in [2.75, 3.05) is 17.1 Å². The molecular formula is C22H19N3O4S3. The third kappa shape index (κ3) is 4.82. The highest BCUT2D eigenvalue weighted by Gasteiger charge is 2.19. The van der Waals surface area contributed by atoms with Crippen molar-refractivity contribution >= 4 is 50.0 Å². The summed E-state index contributed by atoms with van der Waals surface area (Å²) in [6.45, 7) is 1.78. The normalized spacial score (nSPS) is 11.2. The number of thiophene rings is 1. The van der Waals surface area contributed by atoms with Crippen molar-refractivity contribution in [3.05, 3.63) is 75.9 Å². The van der Waals surface area contributed by atoms with Crippen LogP contribution in [0.2, 0.25) is 0 Å². The van der Waals surface area contributed by atoms with E-state index in [0.717, 1.165) is 10.6 Å². The van der Waals surface area contributed by atoms with E-state index in [1.807, 2.05) is 16.8 Å². The molecule has 0 saturated heterocycles. The molecule has 0 aliphatic rings. The summed E-state index contributed by atoms with van der Waals surface area (Å²) < 4.78 is 33.2. The largest absolute Gasteiger partial charge is 0.497 e. The van der Waals surface area contributed by atoms with Gasteiger partial charge < -0.3 is 10.1 Å². The summed E-state index contributed by atoms with van der Waals surface area (Å²) >= 11 is 2.87. The predicted molar refractivity (Wildman–Crippen MR) is 128 cm³/mol. The summed E-state index contributed by atoms with van der Waals surface area (Å²) in [5.41, 5.74) is 2.37. The van der Waals surface area contributed by atoms with Crippen LogP contribution in [0.5, 0.6) is 5.75 Å². The summed E-state index contributed by atoms with van der Waals surface area (Å²) in [5.74, 6) is 0.289. The van der Waals surface area contributed by atoms with Crippen molar-refractivity contribution in [1.29, 1.82) is 0 Å². The van der Waals surface area contributed by atoms with Gasteiger partial charge in [-0.1, -0.05) is 6.07 Å². The average Bonchev–Trinajstić information content (AvgIpc) is 3.44. The maximum atomic E-state index is 12.8. The molecule has 2 aromatic heterocycles. The van der Waals surface area contributed by atoms with Crippen molar-refractivity contribution < 1.29 is 17.9 Å². The van der Waals surface area contributed by atoms with Gasteiger partial charge in [-0.2, -0.15) is 11.3 Å². The number of hydrogen-bond acceptors (Lipinski definition) is 7. The van der Waals surface area contributed by atoms with E-state index >= 15 is 0 Å². The van der Waals surface area contributed by atoms with E-state index in [1.54, 1.807) is 54.7 Å². The van der Waals surface area contributed by atoms with E-state index in [2.05, 4.69) is 15.0 Å². The molecule has 2 N–H and O–H groups in total. The first-order chi connectivity index (χ1) is 15.4. The molecule has 0 aliphatic heterocycles. The maximum absolute atomic E-state index is 12.8. The molecule has 10 heteroatoms. The molecule has 4 rings (SSSR count). The van der Waals surface area contributed by atoms with Crippen molar-refractivity contribution in [2.24, 2.45) is 0 Å². The van der Waals surface area contributed by atoms with Crippen molar-refractivity contribution in [2.45, 2.75) is 11.8 Å². The maximum Gasteiger partial charge on any atom is 0.267 e. The van der Waals surface area contributed by atoms with Crippen LogP contribution in [0.1, 0.15) is 15.4 Å². The number of aryl methyl sites for hydroxylation is 1. The zero-order valence-electron chi connectivity index (χ0n) is 17.2. The number of sulfonamides is 1. The molecule has 4 aromatic rings. The van der Waals surface area contributed by atoms with Gasteiger partial charge in [0.1, 0.15) is 15.6 Å². The molecule has 0 unspecified atom stereocenters. The Kier molecular flexibility index (Phi) is 6.26. The number of carbonyl (C=O) groups is 1. The third-order valence-corrected chi connectivity index (χ3v) is 7.78. The zero-order valence-corrected chi connectivity index (χ0v) is 19.6. The Balaban J connectivity index is 1.52. The summed E-state index contributed by atoms with van der Waals surface area (Å²) in [5, 5.41) is 7.48. The lowest BCUT2D eigenvalue weighted by atomic mass is 10.3. The number of thiazole rings is 1. The molecule has 0 saturated carbocycles. The minimum absolute atomic E-state index is 0.0334. The summed E-state index contributed by atoms with van der Waals surface area (Å²) in [4.78, 5) is 17.8. The number of amides is 1. The average molecular weight is 486 g/mol. The fraction of sp³-hybridized carbons (Fsp3) is 0.0909. The molecule has 0 bridgehead atoms. The van der Waals surface area contributed by atoms with E-state index in [1.165, 1.54) is 30.6 Å². The minimum Gasteiger partial charge on any atom is -0.497 e. The van der Waals surface area contributed by atoms with Crippen molar-refractivity contribution in [3.63, 3.8) is 0 Å². The number of benzene rings is 2. The van der Waals surface area contributed by atoms with Gasteiger partial charge in [-0.15, -0.1) is 11.3 Å². The number of carbonyl (C=O) groups excluding carboxylic acids is 1. The van der Waals surface area contributed by atoms with E-state index in [9.17, 15) is 13.2 Å². The van der Waals surface area contributed by atoms with Gasteiger partial charge in [-0.05, 0) is 60.8 Å². The fourth-order valence-electron chi connectivity index (χ4n) is 2.92. The first-order valence-corrected chi connectivity index (χ1v) is 12.7. The Bertz CT molecular complexity index is 1350. The summed E-state index contributed by atoms with van der Waals surface area (Å²) in [6.07, 6.45) is 0. The minimum atomic E-state index is -3.84. The molecule has 0 radical (unpaired) electrons. The fourth-order valence-corrected chi connectivity index (χ4v) is 5.70. The Labute approximate surface area is 193 Å². The number of nitrogens with zero attached hydrogens (tertiary/aromatic N) is 1. The Morgan fingerprint density at radius 2 is 1.84 bits per heavy atom. The number of ether oxygens (including phenoxy) is 1. The summed E-state index contributed by atoms with van der Waals surface area (Å²) in [6, 6.07) is 14.6. The molecular weight excluding hydrogens is 466 g/mol. The molecule has 2 aromatic carbocycles. The van der Waals surface area contributed by atoms with Crippen LogP contribution in [0.25, 0.3) is 10.6 Å². The van der Waals surface area contributed by atoms with Gasteiger partial charge in [0, 0.05) is 22.3 Å². The van der Waals surface area contributed by atoms with E-state index in [0.29, 0.717) is 27.7 Å². The Morgan fingerprint density at radius 1 is 1.06 bits per heavy atom. The number of aromatic nitrogens is 1. The SMILES string of the molecule is COc1ccc(NS(=O)(=O)c2cccc(NC(=O)c3sc(-c4ccsc4)nc3C)c2)cc1. The predicted octanol–water partition coefficient (Wildman–Crippen LogP) is 5.24. The van der Waals surface area contributed by atoms with Crippen LogP contribution < -0.4 is 14.8 Å². The molecule has 7 nitrogen and oxygen atoms in total. The zero-order chi connectivity index (χ0) is 22.7. The lowest BCUT2D eigenvalue weighted by Crippen LogP contribution is -2.15. The van der Waals surface area contributed by atoms with Gasteiger partial charge in [0.2, 0.25) is 0 Å². The highest BCUT2D eigenvalue weighted by atomic mass is 32.2. The molecule has 0 atom stereocenters. The monoisotopic (exact) mass is 485 g/mol. The molecule has 0 fully saturated rings. The second-order valence-corrected chi connectivity index (χ2v) is 10.2. The van der Waals surface area contributed by atoms with Crippen LogP contribution in [0.15, 0.2) is 70.3 Å². The topological polar surface area (TPSA) is 97.4 Å². The van der Waals surface area contributed by atoms with Crippen molar-refractivity contribution in [3.8, 4) is 16.3 Å². The first kappa shape index (κ1) is 22.0. The van der Waals surface area contributed by atoms with Gasteiger partial charge in [0.05, 0.1) is 17.7 Å². The van der Waals surface area contributed by atoms with Crippen LogP contribution in [0.3, 0.4) is 0 Å². The smallest absolute Gasteiger partial charge is 0.267 e. The molecule has 164 valence electrons. The highest BCUT2D eigenvalue weighted by Crippen LogP contribution is 2.30. The quantitative estimate of drug-likeness (QED) is 0.373. The van der Waals surface area contributed by atoms with Crippen LogP contribution in [-0.2, 0) is 10.0 Å². The van der Waals surface area contributed by atoms with Gasteiger partial charge in [-0.3, -0.25) is 9.52 Å². The Hall–Kier alpha value is -3.21. The van der Waals surface area contributed by atoms with Crippen LogP contribution in [0.4, 0.5) is 11.4 Å². The van der Waals surface area contributed by atoms with Gasteiger partial charge in [0.25, 0.3) is 15.9 Å². The lowest BCUT2D eigenvalue weighted by Gasteiger charge is -2.10. The van der Waals surface area contributed by atoms with E-state index in [4.69, 9.17) is 4.74 Å². The number of anilines is 2. The molecule has 0 spiro atoms. The van der Waals surface area contributed by atoms with Gasteiger partial charge in [-0.25, -0.2) is 13.4 Å². The Morgan fingerprint density at radius 3 is 2.53 bits per heavy atom. The van der Waals surface area contributed by atoms with E-state index in [-0.39, 0.29) is 10.8 Å². The second kappa shape index (κ2) is 9.11. The molecule has 32 heavy (non-hydrogen) atoms. The van der Waals surface area contributed by atoms with Crippen LogP contribution >= 0.6 is 22.7 Å². The molecule has 0 aliphatic carbocycles. The van der Waals surface area contributed by atoms with E-state index < -0.39 is 10.0 Å². The lowest BCUT2D eigenvalue weighted by molar-refractivity contribution is 0.102. The molecule has 2 heterocycles. The van der Waals surface area contributed by atoms with Crippen LogP contribution in [0, 0.1) is 6.92 Å². The van der Waals surface area contributed by atoms with Gasteiger partial charge in [0.15, 0.2) is 0 Å². The second-order valence-electron chi connectivity index (χ2n) is 6.76. The highest BCUT2D eigenvalue weighted by molar-refractivity contribution is 7.92. The third-order valence-electron chi connectivity index (χ3n) is 4.52. The van der Waals surface area contributed by atoms with Crippen molar-refractivity contribution in [1.82, 2.24) is 4.98 Å². The number of nitrogens with one attached hydrogen (secondary N) is 2. The first-order valence-electron chi connectivity index (χ1n) is 9.44.